The summed E-state index contributed by atoms with van der Waals surface area (Å²) in [4.78, 5) is 0. The molecule has 0 saturated carbocycles. The van der Waals surface area contributed by atoms with Crippen molar-refractivity contribution in [1.29, 1.82) is 0 Å². The van der Waals surface area contributed by atoms with Crippen LogP contribution in [-0.2, 0) is 5.60 Å². The van der Waals surface area contributed by atoms with Crippen LogP contribution in [0.2, 0.25) is 0 Å². The maximum absolute atomic E-state index is 13.0. The normalized spacial score (nSPS) is 15.5. The van der Waals surface area contributed by atoms with Crippen molar-refractivity contribution in [2.24, 2.45) is 0 Å². The molecule has 1 atom stereocenters. The Kier molecular flexibility index (Phi) is 2.63. The van der Waals surface area contributed by atoms with Crippen molar-refractivity contribution in [2.45, 2.75) is 12.5 Å². The van der Waals surface area contributed by atoms with Gasteiger partial charge < -0.3 is 10.2 Å². The van der Waals surface area contributed by atoms with Gasteiger partial charge in [-0.1, -0.05) is 6.07 Å². The third-order valence-electron chi connectivity index (χ3n) is 1.82. The molecule has 0 aliphatic carbocycles. The molecule has 0 radical (unpaired) electrons. The third kappa shape index (κ3) is 2.02. The first-order valence-corrected chi connectivity index (χ1v) is 3.76. The molecular formula is C9H10F2O2. The quantitative estimate of drug-likeness (QED) is 0.731. The molecule has 2 nitrogen and oxygen atoms in total. The van der Waals surface area contributed by atoms with Crippen molar-refractivity contribution in [3.63, 3.8) is 0 Å². The molecule has 0 spiro atoms. The van der Waals surface area contributed by atoms with E-state index in [0.29, 0.717) is 6.07 Å². The number of hydrogen-bond donors (Lipinski definition) is 2. The average molecular weight is 188 g/mol. The van der Waals surface area contributed by atoms with E-state index in [1.807, 2.05) is 0 Å². The Morgan fingerprint density at radius 2 is 2.00 bits per heavy atom. The lowest BCUT2D eigenvalue weighted by molar-refractivity contribution is -0.00514. The van der Waals surface area contributed by atoms with Gasteiger partial charge in [-0.05, 0) is 13.0 Å². The van der Waals surface area contributed by atoms with Gasteiger partial charge in [0.2, 0.25) is 0 Å². The van der Waals surface area contributed by atoms with Gasteiger partial charge >= 0.3 is 0 Å². The summed E-state index contributed by atoms with van der Waals surface area (Å²) in [7, 11) is 0. The molecule has 2 N–H and O–H groups in total. The second kappa shape index (κ2) is 3.40. The second-order valence-electron chi connectivity index (χ2n) is 3.06. The van der Waals surface area contributed by atoms with Crippen LogP contribution in [0.5, 0.6) is 0 Å². The highest BCUT2D eigenvalue weighted by Gasteiger charge is 2.25. The number of rotatable bonds is 2. The molecule has 0 amide bonds. The summed E-state index contributed by atoms with van der Waals surface area (Å²) in [5, 5.41) is 18.2. The van der Waals surface area contributed by atoms with Gasteiger partial charge in [-0.3, -0.25) is 0 Å². The van der Waals surface area contributed by atoms with Gasteiger partial charge in [-0.25, -0.2) is 8.78 Å². The first-order chi connectivity index (χ1) is 5.97. The zero-order valence-corrected chi connectivity index (χ0v) is 7.09. The van der Waals surface area contributed by atoms with E-state index in [1.165, 1.54) is 6.92 Å². The van der Waals surface area contributed by atoms with Crippen molar-refractivity contribution in [2.75, 3.05) is 6.61 Å². The topological polar surface area (TPSA) is 40.5 Å². The van der Waals surface area contributed by atoms with E-state index >= 15 is 0 Å². The van der Waals surface area contributed by atoms with E-state index in [1.54, 1.807) is 0 Å². The van der Waals surface area contributed by atoms with Crippen molar-refractivity contribution in [1.82, 2.24) is 0 Å². The highest BCUT2D eigenvalue weighted by atomic mass is 19.1. The zero-order valence-electron chi connectivity index (χ0n) is 7.09. The SMILES string of the molecule is CC(O)(CO)c1ccc(F)cc1F. The maximum atomic E-state index is 13.0. The molecule has 0 aliphatic rings. The minimum atomic E-state index is -1.67. The number of benzene rings is 1. The monoisotopic (exact) mass is 188 g/mol. The van der Waals surface area contributed by atoms with Crippen LogP contribution >= 0.6 is 0 Å². The second-order valence-corrected chi connectivity index (χ2v) is 3.06. The minimum absolute atomic E-state index is 0.114. The number of hydrogen-bond acceptors (Lipinski definition) is 2. The zero-order chi connectivity index (χ0) is 10.1. The molecule has 1 aromatic carbocycles. The fraction of sp³-hybridized carbons (Fsp3) is 0.333. The van der Waals surface area contributed by atoms with Crippen LogP contribution < -0.4 is 0 Å². The molecule has 0 aliphatic heterocycles. The first kappa shape index (κ1) is 10.1. The molecule has 1 unspecified atom stereocenters. The Labute approximate surface area is 74.4 Å². The lowest BCUT2D eigenvalue weighted by Gasteiger charge is -2.21. The Balaban J connectivity index is 3.16. The van der Waals surface area contributed by atoms with Gasteiger partial charge in [0.05, 0.1) is 6.61 Å². The molecule has 0 saturated heterocycles. The van der Waals surface area contributed by atoms with Gasteiger partial charge in [-0.2, -0.15) is 0 Å². The first-order valence-electron chi connectivity index (χ1n) is 3.76. The van der Waals surface area contributed by atoms with Crippen molar-refractivity contribution in [3.8, 4) is 0 Å². The molecule has 0 fully saturated rings. The maximum Gasteiger partial charge on any atom is 0.132 e. The number of halogens is 2. The van der Waals surface area contributed by atoms with E-state index in [4.69, 9.17) is 5.11 Å². The predicted octanol–water partition coefficient (Wildman–Crippen LogP) is 1.16. The standard InChI is InChI=1S/C9H10F2O2/c1-9(13,5-12)7-3-2-6(10)4-8(7)11/h2-4,12-13H,5H2,1H3. The lowest BCUT2D eigenvalue weighted by atomic mass is 9.96. The third-order valence-corrected chi connectivity index (χ3v) is 1.82. The summed E-state index contributed by atoms with van der Waals surface area (Å²) in [5.41, 5.74) is -1.78. The van der Waals surface area contributed by atoms with Gasteiger partial charge in [-0.15, -0.1) is 0 Å². The molecule has 1 aromatic rings. The average Bonchev–Trinajstić information content (AvgIpc) is 2.03. The molecule has 72 valence electrons. The van der Waals surface area contributed by atoms with Gasteiger partial charge in [0, 0.05) is 11.6 Å². The van der Waals surface area contributed by atoms with Gasteiger partial charge in [0.15, 0.2) is 0 Å². The Morgan fingerprint density at radius 3 is 2.46 bits per heavy atom. The van der Waals surface area contributed by atoms with Crippen LogP contribution in [0, 0.1) is 11.6 Å². The van der Waals surface area contributed by atoms with Crippen molar-refractivity contribution >= 4 is 0 Å². The molecule has 0 aromatic heterocycles. The van der Waals surface area contributed by atoms with Crippen LogP contribution in [0.15, 0.2) is 18.2 Å². The molecular weight excluding hydrogens is 178 g/mol. The van der Waals surface area contributed by atoms with Gasteiger partial charge in [0.25, 0.3) is 0 Å². The summed E-state index contributed by atoms with van der Waals surface area (Å²) in [5.74, 6) is -1.57. The summed E-state index contributed by atoms with van der Waals surface area (Å²) in [6, 6.07) is 2.81. The molecule has 4 heteroatoms. The smallest absolute Gasteiger partial charge is 0.132 e. The van der Waals surface area contributed by atoms with Crippen LogP contribution in [0.25, 0.3) is 0 Å². The van der Waals surface area contributed by atoms with Gasteiger partial charge in [0.1, 0.15) is 17.2 Å². The molecule has 0 bridgehead atoms. The Morgan fingerprint density at radius 1 is 1.38 bits per heavy atom. The molecule has 13 heavy (non-hydrogen) atoms. The van der Waals surface area contributed by atoms with E-state index in [0.717, 1.165) is 12.1 Å². The van der Waals surface area contributed by atoms with E-state index in [2.05, 4.69) is 0 Å². The summed E-state index contributed by atoms with van der Waals surface area (Å²) >= 11 is 0. The molecule has 1 rings (SSSR count). The predicted molar refractivity (Wildman–Crippen MR) is 43.0 cm³/mol. The molecule has 0 heterocycles. The number of aliphatic hydroxyl groups is 2. The van der Waals surface area contributed by atoms with Crippen LogP contribution in [0.1, 0.15) is 12.5 Å². The van der Waals surface area contributed by atoms with E-state index < -0.39 is 23.8 Å². The van der Waals surface area contributed by atoms with E-state index in [-0.39, 0.29) is 5.56 Å². The lowest BCUT2D eigenvalue weighted by Crippen LogP contribution is -2.27. The van der Waals surface area contributed by atoms with Crippen LogP contribution in [0.4, 0.5) is 8.78 Å². The van der Waals surface area contributed by atoms with E-state index in [9.17, 15) is 13.9 Å². The fourth-order valence-corrected chi connectivity index (χ4v) is 1.01. The summed E-state index contributed by atoms with van der Waals surface area (Å²) in [6.07, 6.45) is 0. The minimum Gasteiger partial charge on any atom is -0.393 e. The van der Waals surface area contributed by atoms with Crippen LogP contribution in [0.3, 0.4) is 0 Å². The summed E-state index contributed by atoms with van der Waals surface area (Å²) in [6.45, 7) is 0.638. The Bertz CT molecular complexity index is 310. The van der Waals surface area contributed by atoms with Crippen LogP contribution in [-0.4, -0.2) is 16.8 Å². The Hall–Kier alpha value is -1.00. The highest BCUT2D eigenvalue weighted by molar-refractivity contribution is 5.24. The van der Waals surface area contributed by atoms with Crippen molar-refractivity contribution in [3.05, 3.63) is 35.4 Å². The summed E-state index contributed by atoms with van der Waals surface area (Å²) < 4.78 is 25.5. The number of aliphatic hydroxyl groups excluding tert-OH is 1. The largest absolute Gasteiger partial charge is 0.393 e. The highest BCUT2D eigenvalue weighted by Crippen LogP contribution is 2.23. The van der Waals surface area contributed by atoms with Crippen molar-refractivity contribution < 1.29 is 19.0 Å². The fourth-order valence-electron chi connectivity index (χ4n) is 1.01.